The van der Waals surface area contributed by atoms with E-state index >= 15 is 0 Å². The van der Waals surface area contributed by atoms with Crippen LogP contribution in [0.25, 0.3) is 21.9 Å². The molecule has 2 unspecified atom stereocenters. The van der Waals surface area contributed by atoms with Crippen LogP contribution in [0.1, 0.15) is 41.1 Å². The van der Waals surface area contributed by atoms with Crippen molar-refractivity contribution in [1.29, 1.82) is 0 Å². The smallest absolute Gasteiger partial charge is 0.329 e. The van der Waals surface area contributed by atoms with E-state index in [0.717, 1.165) is 27.5 Å². The molecular weight excluding hydrogens is 428 g/mol. The average Bonchev–Trinajstić information content (AvgIpc) is 3.36. The summed E-state index contributed by atoms with van der Waals surface area (Å²) in [5, 5.41) is 11.0. The largest absolute Gasteiger partial charge is 0.481 e. The van der Waals surface area contributed by atoms with Crippen molar-refractivity contribution < 1.29 is 9.90 Å². The lowest BCUT2D eigenvalue weighted by atomic mass is 10.0. The highest BCUT2D eigenvalue weighted by atomic mass is 16.4. The summed E-state index contributed by atoms with van der Waals surface area (Å²) in [6, 6.07) is 15.0. The minimum atomic E-state index is -0.993. The van der Waals surface area contributed by atoms with E-state index in [9.17, 15) is 14.7 Å². The molecule has 0 aliphatic carbocycles. The second kappa shape index (κ2) is 8.33. The van der Waals surface area contributed by atoms with Crippen molar-refractivity contribution in [3.05, 3.63) is 99.9 Å². The number of carboxylic acid groups (broad SMARTS) is 1. The van der Waals surface area contributed by atoms with E-state index in [4.69, 9.17) is 0 Å². The van der Waals surface area contributed by atoms with Crippen LogP contribution in [0, 0.1) is 13.8 Å². The first-order valence-electron chi connectivity index (χ1n) is 11.3. The average molecular weight is 455 g/mol. The lowest BCUT2D eigenvalue weighted by Gasteiger charge is -2.15. The molecule has 3 heterocycles. The predicted molar refractivity (Wildman–Crippen MR) is 132 cm³/mol. The van der Waals surface area contributed by atoms with E-state index in [2.05, 4.69) is 35.9 Å². The zero-order chi connectivity index (χ0) is 24.0. The number of fused-ring (bicyclic) bond motifs is 2. The number of rotatable bonds is 6. The fourth-order valence-electron chi connectivity index (χ4n) is 5.03. The monoisotopic (exact) mass is 454 g/mol. The van der Waals surface area contributed by atoms with E-state index in [1.165, 1.54) is 5.56 Å². The van der Waals surface area contributed by atoms with Gasteiger partial charge >= 0.3 is 11.7 Å². The second-order valence-electron chi connectivity index (χ2n) is 8.85. The quantitative estimate of drug-likeness (QED) is 0.386. The predicted octanol–water partition coefficient (Wildman–Crippen LogP) is 4.77. The summed E-state index contributed by atoms with van der Waals surface area (Å²) >= 11 is 0. The molecule has 0 radical (unpaired) electrons. The van der Waals surface area contributed by atoms with Gasteiger partial charge in [0.2, 0.25) is 0 Å². The number of nitrogens with one attached hydrogen (secondary N) is 1. The first kappa shape index (κ1) is 21.7. The minimum Gasteiger partial charge on any atom is -0.481 e. The van der Waals surface area contributed by atoms with Crippen LogP contribution in [-0.4, -0.2) is 30.2 Å². The molecule has 7 nitrogen and oxygen atoms in total. The number of aromatic nitrogens is 4. The Labute approximate surface area is 196 Å². The molecule has 0 spiro atoms. The molecule has 7 heteroatoms. The van der Waals surface area contributed by atoms with Crippen molar-refractivity contribution in [2.24, 2.45) is 0 Å². The van der Waals surface area contributed by atoms with Crippen molar-refractivity contribution in [2.45, 2.75) is 39.3 Å². The first-order valence-corrected chi connectivity index (χ1v) is 11.3. The van der Waals surface area contributed by atoms with Gasteiger partial charge in [-0.2, -0.15) is 0 Å². The van der Waals surface area contributed by atoms with Gasteiger partial charge in [-0.25, -0.2) is 4.79 Å². The molecule has 2 aromatic carbocycles. The number of para-hydroxylation sites is 2. The second-order valence-corrected chi connectivity index (χ2v) is 8.85. The number of aromatic amines is 1. The van der Waals surface area contributed by atoms with Crippen LogP contribution < -0.4 is 5.69 Å². The maximum Gasteiger partial charge on any atom is 0.329 e. The lowest BCUT2D eigenvalue weighted by molar-refractivity contribution is -0.139. The van der Waals surface area contributed by atoms with Crippen molar-refractivity contribution in [3.63, 3.8) is 0 Å². The van der Waals surface area contributed by atoms with E-state index < -0.39 is 11.9 Å². The highest BCUT2D eigenvalue weighted by molar-refractivity contribution is 5.88. The number of H-pyrrole nitrogens is 1. The fourth-order valence-corrected chi connectivity index (χ4v) is 5.03. The number of benzene rings is 2. The molecule has 172 valence electrons. The van der Waals surface area contributed by atoms with E-state index in [0.29, 0.717) is 11.1 Å². The maximum atomic E-state index is 13.8. The summed E-state index contributed by atoms with van der Waals surface area (Å²) in [5.74, 6) is -1.88. The summed E-state index contributed by atoms with van der Waals surface area (Å²) in [5.41, 5.74) is 6.21. The third-order valence-electron chi connectivity index (χ3n) is 6.61. The van der Waals surface area contributed by atoms with Gasteiger partial charge in [0.05, 0.1) is 17.1 Å². The molecule has 0 amide bonds. The Morgan fingerprint density at radius 2 is 1.88 bits per heavy atom. The van der Waals surface area contributed by atoms with Crippen LogP contribution in [0.15, 0.2) is 71.9 Å². The molecule has 5 aromatic rings. The topological polar surface area (TPSA) is 92.9 Å². The number of hydrogen-bond donors (Lipinski definition) is 2. The summed E-state index contributed by atoms with van der Waals surface area (Å²) < 4.78 is 3.34. The van der Waals surface area contributed by atoms with Gasteiger partial charge in [-0.3, -0.25) is 18.9 Å². The summed E-state index contributed by atoms with van der Waals surface area (Å²) in [6.45, 7) is 6.18. The summed E-state index contributed by atoms with van der Waals surface area (Å²) in [7, 11) is 0. The van der Waals surface area contributed by atoms with E-state index in [1.54, 1.807) is 33.7 Å². The van der Waals surface area contributed by atoms with Crippen molar-refractivity contribution >= 4 is 27.9 Å². The molecule has 0 aliphatic rings. The van der Waals surface area contributed by atoms with E-state index in [-0.39, 0.29) is 18.3 Å². The molecular formula is C27H26N4O3. The van der Waals surface area contributed by atoms with Gasteiger partial charge < -0.3 is 10.1 Å². The minimum absolute atomic E-state index is 0.0200. The molecule has 5 rings (SSSR count). The summed E-state index contributed by atoms with van der Waals surface area (Å²) in [6.07, 6.45) is 5.12. The van der Waals surface area contributed by atoms with Crippen molar-refractivity contribution in [2.75, 3.05) is 0 Å². The Kier molecular flexibility index (Phi) is 5.32. The highest BCUT2D eigenvalue weighted by Crippen LogP contribution is 2.32. The van der Waals surface area contributed by atoms with Gasteiger partial charge in [-0.05, 0) is 61.7 Å². The molecule has 0 saturated heterocycles. The zero-order valence-electron chi connectivity index (χ0n) is 19.3. The number of aryl methyl sites for hydroxylation is 2. The lowest BCUT2D eigenvalue weighted by Crippen LogP contribution is -2.30. The Hall–Kier alpha value is -4.13. The van der Waals surface area contributed by atoms with Gasteiger partial charge in [-0.1, -0.05) is 24.3 Å². The molecule has 0 bridgehead atoms. The third kappa shape index (κ3) is 3.50. The number of hydrogen-bond acceptors (Lipinski definition) is 3. The SMILES string of the molecule is Cc1cc(C)c2c(C(C)n3c(=O)n(CC(C(=O)O)c4cccnc4)c4ccccc43)c[nH]c2c1. The standard InChI is InChI=1S/C27H26N4O3/c1-16-11-17(2)25-20(14-29-22(25)12-16)18(3)31-24-9-5-4-8-23(24)30(27(31)34)15-21(26(32)33)19-7-6-10-28-13-19/h4-14,18,21,29H,15H2,1-3H3,(H,32,33). The van der Waals surface area contributed by atoms with Gasteiger partial charge in [0.15, 0.2) is 0 Å². The molecule has 3 aromatic heterocycles. The Balaban J connectivity index is 1.67. The van der Waals surface area contributed by atoms with Gasteiger partial charge in [0.25, 0.3) is 0 Å². The Bertz CT molecular complexity index is 1580. The molecule has 0 aliphatic heterocycles. The maximum absolute atomic E-state index is 13.8. The van der Waals surface area contributed by atoms with Crippen molar-refractivity contribution in [1.82, 2.24) is 19.1 Å². The first-order chi connectivity index (χ1) is 16.4. The van der Waals surface area contributed by atoms with Gasteiger partial charge in [0.1, 0.15) is 5.92 Å². The number of carboxylic acids is 1. The molecule has 2 N–H and O–H groups in total. The number of nitrogens with zero attached hydrogens (tertiary/aromatic N) is 3. The van der Waals surface area contributed by atoms with Gasteiger partial charge in [-0.15, -0.1) is 0 Å². The van der Waals surface area contributed by atoms with Gasteiger partial charge in [0, 0.05) is 41.6 Å². The van der Waals surface area contributed by atoms with Crippen molar-refractivity contribution in [3.8, 4) is 0 Å². The van der Waals surface area contributed by atoms with Crippen LogP contribution in [0.4, 0.5) is 0 Å². The molecule has 2 atom stereocenters. The Morgan fingerprint density at radius 1 is 1.12 bits per heavy atom. The fraction of sp³-hybridized carbons (Fsp3) is 0.222. The molecule has 0 fully saturated rings. The van der Waals surface area contributed by atoms with Crippen LogP contribution in [-0.2, 0) is 11.3 Å². The van der Waals surface area contributed by atoms with Crippen LogP contribution in [0.2, 0.25) is 0 Å². The number of pyridine rings is 1. The molecule has 34 heavy (non-hydrogen) atoms. The number of carbonyl (C=O) groups is 1. The third-order valence-corrected chi connectivity index (χ3v) is 6.61. The molecule has 0 saturated carbocycles. The van der Waals surface area contributed by atoms with Crippen LogP contribution >= 0.6 is 0 Å². The van der Waals surface area contributed by atoms with Crippen LogP contribution in [0.5, 0.6) is 0 Å². The zero-order valence-corrected chi connectivity index (χ0v) is 19.3. The summed E-state index contributed by atoms with van der Waals surface area (Å²) in [4.78, 5) is 33.4. The van der Waals surface area contributed by atoms with E-state index in [1.807, 2.05) is 37.4 Å². The number of imidazole rings is 1. The highest BCUT2D eigenvalue weighted by Gasteiger charge is 2.26. The van der Waals surface area contributed by atoms with Crippen LogP contribution in [0.3, 0.4) is 0 Å². The number of aliphatic carboxylic acids is 1. The Morgan fingerprint density at radius 3 is 2.59 bits per heavy atom. The normalized spacial score (nSPS) is 13.4.